The van der Waals surface area contributed by atoms with Crippen molar-refractivity contribution in [2.24, 2.45) is 0 Å². The lowest BCUT2D eigenvalue weighted by atomic mass is 10.2. The Labute approximate surface area is 153 Å². The van der Waals surface area contributed by atoms with E-state index in [1.807, 2.05) is 24.3 Å². The number of nitrogens with zero attached hydrogens (tertiary/aromatic N) is 1. The highest BCUT2D eigenvalue weighted by Gasteiger charge is 2.17. The van der Waals surface area contributed by atoms with Crippen LogP contribution in [0.4, 0.5) is 5.69 Å². The second-order valence-electron chi connectivity index (χ2n) is 5.36. The van der Waals surface area contributed by atoms with E-state index < -0.39 is 16.2 Å². The Morgan fingerprint density at radius 2 is 2.00 bits per heavy atom. The first-order valence-corrected chi connectivity index (χ1v) is 10.1. The smallest absolute Gasteiger partial charge is 0.294 e. The van der Waals surface area contributed by atoms with Gasteiger partial charge in [0.05, 0.1) is 27.1 Å². The van der Waals surface area contributed by atoms with Crippen molar-refractivity contribution in [3.8, 4) is 10.6 Å². The van der Waals surface area contributed by atoms with Crippen LogP contribution < -0.4 is 5.32 Å². The number of rotatable bonds is 6. The van der Waals surface area contributed by atoms with Gasteiger partial charge in [0.25, 0.3) is 10.1 Å². The molecule has 1 heterocycles. The zero-order valence-corrected chi connectivity index (χ0v) is 15.3. The lowest BCUT2D eigenvalue weighted by Crippen LogP contribution is -2.21. The number of aromatic nitrogens is 1. The van der Waals surface area contributed by atoms with Crippen LogP contribution in [0.5, 0.6) is 0 Å². The van der Waals surface area contributed by atoms with Crippen molar-refractivity contribution in [2.75, 3.05) is 17.7 Å². The summed E-state index contributed by atoms with van der Waals surface area (Å²) >= 11 is 7.01. The maximum Gasteiger partial charge on any atom is 0.294 e. The van der Waals surface area contributed by atoms with Crippen LogP contribution >= 0.6 is 22.9 Å². The largest absolute Gasteiger partial charge is 0.390 e. The van der Waals surface area contributed by atoms with Crippen LogP contribution in [-0.4, -0.2) is 41.6 Å². The molecule has 2 aromatic carbocycles. The molecule has 3 aromatic rings. The van der Waals surface area contributed by atoms with Crippen LogP contribution in [0.2, 0.25) is 0 Å². The van der Waals surface area contributed by atoms with Crippen LogP contribution in [0, 0.1) is 0 Å². The minimum Gasteiger partial charge on any atom is -0.390 e. The van der Waals surface area contributed by atoms with E-state index in [0.717, 1.165) is 10.2 Å². The quantitative estimate of drug-likeness (QED) is 0.435. The Hall–Kier alpha value is -1.71. The molecule has 9 heteroatoms. The number of benzene rings is 2. The fourth-order valence-corrected chi connectivity index (χ4v) is 3.90. The van der Waals surface area contributed by atoms with Gasteiger partial charge in [-0.05, 0) is 30.3 Å². The van der Waals surface area contributed by atoms with Crippen LogP contribution in [0.25, 0.3) is 20.8 Å². The summed E-state index contributed by atoms with van der Waals surface area (Å²) < 4.78 is 33.2. The van der Waals surface area contributed by atoms with Gasteiger partial charge in [0.1, 0.15) is 5.01 Å². The van der Waals surface area contributed by atoms with E-state index in [1.165, 1.54) is 29.5 Å². The molecule has 0 saturated heterocycles. The highest BCUT2D eigenvalue weighted by molar-refractivity contribution is 7.85. The number of para-hydroxylation sites is 1. The van der Waals surface area contributed by atoms with Crippen molar-refractivity contribution in [1.29, 1.82) is 0 Å². The van der Waals surface area contributed by atoms with Crippen LogP contribution in [0.15, 0.2) is 47.4 Å². The SMILES string of the molecule is O=S(=O)(O)c1ccc(NCC(O)CCl)c(-c2nc3ccccc3s2)c1. The van der Waals surface area contributed by atoms with Gasteiger partial charge in [0.15, 0.2) is 0 Å². The molecule has 0 bridgehead atoms. The second kappa shape index (κ2) is 7.27. The van der Waals surface area contributed by atoms with Gasteiger partial charge in [-0.1, -0.05) is 12.1 Å². The van der Waals surface area contributed by atoms with E-state index in [9.17, 15) is 18.1 Å². The number of nitrogens with one attached hydrogen (secondary N) is 1. The molecule has 25 heavy (non-hydrogen) atoms. The van der Waals surface area contributed by atoms with Gasteiger partial charge in [0, 0.05) is 17.8 Å². The fraction of sp³-hybridized carbons (Fsp3) is 0.188. The molecule has 0 radical (unpaired) electrons. The Morgan fingerprint density at radius 1 is 1.24 bits per heavy atom. The molecule has 0 aliphatic heterocycles. The Balaban J connectivity index is 2.09. The Morgan fingerprint density at radius 3 is 2.68 bits per heavy atom. The number of halogens is 1. The zero-order chi connectivity index (χ0) is 18.0. The molecule has 0 spiro atoms. The number of fused-ring (bicyclic) bond motifs is 1. The summed E-state index contributed by atoms with van der Waals surface area (Å²) in [6.45, 7) is 0.201. The molecule has 3 rings (SSSR count). The highest BCUT2D eigenvalue weighted by atomic mass is 35.5. The average molecular weight is 399 g/mol. The third-order valence-electron chi connectivity index (χ3n) is 3.52. The van der Waals surface area contributed by atoms with Gasteiger partial charge < -0.3 is 10.4 Å². The topological polar surface area (TPSA) is 99.5 Å². The maximum absolute atomic E-state index is 11.5. The number of aliphatic hydroxyl groups excluding tert-OH is 1. The number of hydrogen-bond donors (Lipinski definition) is 3. The van der Waals surface area contributed by atoms with E-state index in [4.69, 9.17) is 11.6 Å². The average Bonchev–Trinajstić information content (AvgIpc) is 3.02. The van der Waals surface area contributed by atoms with Crippen molar-refractivity contribution in [3.63, 3.8) is 0 Å². The van der Waals surface area contributed by atoms with Crippen molar-refractivity contribution in [1.82, 2.24) is 4.98 Å². The summed E-state index contributed by atoms with van der Waals surface area (Å²) in [7, 11) is -4.34. The van der Waals surface area contributed by atoms with Gasteiger partial charge in [-0.2, -0.15) is 8.42 Å². The molecule has 0 saturated carbocycles. The number of alkyl halides is 1. The van der Waals surface area contributed by atoms with E-state index in [1.54, 1.807) is 0 Å². The van der Waals surface area contributed by atoms with E-state index in [2.05, 4.69) is 10.3 Å². The van der Waals surface area contributed by atoms with Gasteiger partial charge in [-0.15, -0.1) is 22.9 Å². The number of aliphatic hydroxyl groups is 1. The number of thiazole rings is 1. The Bertz CT molecular complexity index is 971. The van der Waals surface area contributed by atoms with E-state index in [0.29, 0.717) is 16.3 Å². The molecule has 0 amide bonds. The maximum atomic E-state index is 11.5. The summed E-state index contributed by atoms with van der Waals surface area (Å²) in [4.78, 5) is 4.31. The Kier molecular flexibility index (Phi) is 5.26. The predicted molar refractivity (Wildman–Crippen MR) is 100 cm³/mol. The normalized spacial score (nSPS) is 13.1. The number of anilines is 1. The lowest BCUT2D eigenvalue weighted by molar-refractivity contribution is 0.211. The first-order valence-electron chi connectivity index (χ1n) is 7.34. The summed E-state index contributed by atoms with van der Waals surface area (Å²) in [6, 6.07) is 11.8. The molecular weight excluding hydrogens is 384 g/mol. The molecule has 6 nitrogen and oxygen atoms in total. The zero-order valence-electron chi connectivity index (χ0n) is 12.9. The predicted octanol–water partition coefficient (Wildman–Crippen LogP) is 3.22. The molecule has 0 aliphatic carbocycles. The second-order valence-corrected chi connectivity index (χ2v) is 8.12. The monoisotopic (exact) mass is 398 g/mol. The van der Waals surface area contributed by atoms with Crippen molar-refractivity contribution < 1.29 is 18.1 Å². The molecule has 3 N–H and O–H groups in total. The van der Waals surface area contributed by atoms with Gasteiger partial charge in [-0.25, -0.2) is 4.98 Å². The van der Waals surface area contributed by atoms with Crippen molar-refractivity contribution in [3.05, 3.63) is 42.5 Å². The van der Waals surface area contributed by atoms with Crippen molar-refractivity contribution in [2.45, 2.75) is 11.0 Å². The summed E-state index contributed by atoms with van der Waals surface area (Å²) in [5.41, 5.74) is 1.92. The van der Waals surface area contributed by atoms with Crippen LogP contribution in [0.3, 0.4) is 0 Å². The standard InChI is InChI=1S/C16H15ClN2O4S2/c17-8-10(20)9-18-13-6-5-11(25(21,22)23)7-12(13)16-19-14-3-1-2-4-15(14)24-16/h1-7,10,18,20H,8-9H2,(H,21,22,23). The first kappa shape index (κ1) is 18.1. The minimum atomic E-state index is -4.34. The minimum absolute atomic E-state index is 0.0760. The molecule has 1 unspecified atom stereocenters. The van der Waals surface area contributed by atoms with Gasteiger partial charge >= 0.3 is 0 Å². The van der Waals surface area contributed by atoms with E-state index >= 15 is 0 Å². The third kappa shape index (κ3) is 4.10. The van der Waals surface area contributed by atoms with Crippen molar-refractivity contribution >= 4 is 49.0 Å². The van der Waals surface area contributed by atoms with Gasteiger partial charge in [-0.3, -0.25) is 4.55 Å². The van der Waals surface area contributed by atoms with Crippen LogP contribution in [0.1, 0.15) is 0 Å². The third-order valence-corrected chi connectivity index (χ3v) is 5.80. The highest BCUT2D eigenvalue weighted by Crippen LogP contribution is 2.36. The van der Waals surface area contributed by atoms with Gasteiger partial charge in [0.2, 0.25) is 0 Å². The molecule has 1 aromatic heterocycles. The molecule has 0 fully saturated rings. The summed E-state index contributed by atoms with van der Waals surface area (Å²) in [5, 5.41) is 13.3. The fourth-order valence-electron chi connectivity index (χ4n) is 2.28. The van der Waals surface area contributed by atoms with Crippen LogP contribution in [-0.2, 0) is 10.1 Å². The summed E-state index contributed by atoms with van der Waals surface area (Å²) in [6.07, 6.45) is -0.744. The first-order chi connectivity index (χ1) is 11.9. The number of hydrogen-bond acceptors (Lipinski definition) is 6. The van der Waals surface area contributed by atoms with E-state index in [-0.39, 0.29) is 17.3 Å². The summed E-state index contributed by atoms with van der Waals surface area (Å²) in [5.74, 6) is 0.0760. The molecule has 1 atom stereocenters. The lowest BCUT2D eigenvalue weighted by Gasteiger charge is -2.14. The molecule has 132 valence electrons. The molecule has 0 aliphatic rings. The molecular formula is C16H15ClN2O4S2.